The molecule has 1 aromatic heterocycles. The number of esters is 1. The second-order valence-electron chi connectivity index (χ2n) is 13.7. The Morgan fingerprint density at radius 1 is 1.16 bits per heavy atom. The zero-order valence-electron chi connectivity index (χ0n) is 26.9. The summed E-state index contributed by atoms with van der Waals surface area (Å²) in [6.07, 6.45) is 5.53. The molecule has 0 bridgehead atoms. The van der Waals surface area contributed by atoms with Crippen molar-refractivity contribution < 1.29 is 28.5 Å². The first-order chi connectivity index (χ1) is 20.5. The number of likely N-dealkylation sites (tertiary alicyclic amines) is 1. The van der Waals surface area contributed by atoms with Gasteiger partial charge in [0.2, 0.25) is 5.88 Å². The van der Waals surface area contributed by atoms with Crippen LogP contribution in [0.1, 0.15) is 95.0 Å². The number of carbonyl (C=O) groups is 2. The molecule has 8 heteroatoms. The summed E-state index contributed by atoms with van der Waals surface area (Å²) in [6, 6.07) is 8.86. The van der Waals surface area contributed by atoms with E-state index >= 15 is 0 Å². The number of hydrogen-bond donors (Lipinski definition) is 0. The first kappa shape index (κ1) is 31.5. The zero-order valence-corrected chi connectivity index (χ0v) is 26.9. The summed E-state index contributed by atoms with van der Waals surface area (Å²) in [6.45, 7) is 13.4. The predicted molar refractivity (Wildman–Crippen MR) is 164 cm³/mol. The number of amides is 1. The maximum Gasteiger partial charge on any atom is 0.329 e. The van der Waals surface area contributed by atoms with E-state index in [1.54, 1.807) is 18.9 Å². The maximum atomic E-state index is 14.5. The Morgan fingerprint density at radius 3 is 2.51 bits per heavy atom. The van der Waals surface area contributed by atoms with Gasteiger partial charge in [0, 0.05) is 24.3 Å². The van der Waals surface area contributed by atoms with E-state index in [1.807, 2.05) is 37.4 Å². The molecule has 2 aliphatic heterocycles. The Hall–Kier alpha value is -2.97. The lowest BCUT2D eigenvalue weighted by Gasteiger charge is -2.36. The standard InChI is InChI=1S/C35H48N2O6/c1-8-41-33(39)29-27(34(3,4)5)30(43-21-23-19-24(35(6)16-17-35)20-36-31(23)40-7)28(25-14-10-9-13-22(25)2)37(29)32(38)26-15-11-12-18-42-26/h9-10,13-14,19-20,26-30H,8,11-12,15-18,21H2,1-7H3/t26-,27+,28-,29-,30-/m0/s1. The van der Waals surface area contributed by atoms with Crippen LogP contribution >= 0.6 is 0 Å². The molecule has 5 rings (SSSR count). The Labute approximate surface area is 256 Å². The summed E-state index contributed by atoms with van der Waals surface area (Å²) < 4.78 is 24.3. The number of methoxy groups -OCH3 is 1. The van der Waals surface area contributed by atoms with Crippen LogP contribution in [0.5, 0.6) is 5.88 Å². The van der Waals surface area contributed by atoms with E-state index < -0.39 is 35.7 Å². The molecule has 2 aromatic rings. The van der Waals surface area contributed by atoms with E-state index in [9.17, 15) is 9.59 Å². The second-order valence-corrected chi connectivity index (χ2v) is 13.7. The van der Waals surface area contributed by atoms with Crippen molar-refractivity contribution in [1.82, 2.24) is 9.88 Å². The third-order valence-corrected chi connectivity index (χ3v) is 9.60. The van der Waals surface area contributed by atoms with Gasteiger partial charge in [0.05, 0.1) is 32.5 Å². The molecule has 0 radical (unpaired) electrons. The predicted octanol–water partition coefficient (Wildman–Crippen LogP) is 6.08. The van der Waals surface area contributed by atoms with Crippen molar-refractivity contribution in [2.24, 2.45) is 11.3 Å². The van der Waals surface area contributed by atoms with Crippen molar-refractivity contribution >= 4 is 11.9 Å². The Kier molecular flexibility index (Phi) is 9.19. The number of nitrogens with zero attached hydrogens (tertiary/aromatic N) is 2. The van der Waals surface area contributed by atoms with E-state index in [2.05, 4.69) is 38.7 Å². The highest BCUT2D eigenvalue weighted by molar-refractivity contribution is 5.89. The van der Waals surface area contributed by atoms with E-state index in [1.165, 1.54) is 5.56 Å². The van der Waals surface area contributed by atoms with Crippen molar-refractivity contribution in [3.8, 4) is 5.88 Å². The molecule has 1 aromatic carbocycles. The number of benzene rings is 1. The number of hydrogen-bond acceptors (Lipinski definition) is 7. The van der Waals surface area contributed by atoms with E-state index in [4.69, 9.17) is 18.9 Å². The van der Waals surface area contributed by atoms with Crippen molar-refractivity contribution in [2.75, 3.05) is 20.3 Å². The quantitative estimate of drug-likeness (QED) is 0.326. The largest absolute Gasteiger partial charge is 0.481 e. The van der Waals surface area contributed by atoms with Crippen molar-refractivity contribution in [2.45, 2.75) is 110 Å². The highest BCUT2D eigenvalue weighted by atomic mass is 16.5. The molecule has 2 saturated heterocycles. The molecule has 234 valence electrons. The fourth-order valence-electron chi connectivity index (χ4n) is 6.93. The van der Waals surface area contributed by atoms with Crippen LogP contribution in [0.3, 0.4) is 0 Å². The monoisotopic (exact) mass is 592 g/mol. The Bertz CT molecular complexity index is 1310. The van der Waals surface area contributed by atoms with Gasteiger partial charge in [-0.05, 0) is 79.5 Å². The molecule has 43 heavy (non-hydrogen) atoms. The van der Waals surface area contributed by atoms with Crippen LogP contribution in [-0.4, -0.2) is 60.3 Å². The van der Waals surface area contributed by atoms with Gasteiger partial charge in [-0.15, -0.1) is 0 Å². The fourth-order valence-corrected chi connectivity index (χ4v) is 6.93. The van der Waals surface area contributed by atoms with Gasteiger partial charge in [-0.3, -0.25) is 4.79 Å². The summed E-state index contributed by atoms with van der Waals surface area (Å²) in [5, 5.41) is 0. The number of aryl methyl sites for hydroxylation is 1. The normalized spacial score (nSPS) is 26.7. The lowest BCUT2D eigenvalue weighted by molar-refractivity contribution is -0.162. The topological polar surface area (TPSA) is 87.2 Å². The van der Waals surface area contributed by atoms with Gasteiger partial charge in [0.1, 0.15) is 12.1 Å². The molecule has 8 nitrogen and oxygen atoms in total. The summed E-state index contributed by atoms with van der Waals surface area (Å²) in [7, 11) is 1.62. The van der Waals surface area contributed by atoms with Gasteiger partial charge in [0.15, 0.2) is 0 Å². The van der Waals surface area contributed by atoms with Crippen LogP contribution < -0.4 is 4.74 Å². The second kappa shape index (κ2) is 12.6. The van der Waals surface area contributed by atoms with Crippen LogP contribution in [0.2, 0.25) is 0 Å². The van der Waals surface area contributed by atoms with E-state index in [0.717, 1.165) is 42.4 Å². The molecular weight excluding hydrogens is 544 g/mol. The van der Waals surface area contributed by atoms with E-state index in [-0.39, 0.29) is 30.5 Å². The first-order valence-electron chi connectivity index (χ1n) is 15.8. The molecule has 0 unspecified atom stereocenters. The molecule has 3 fully saturated rings. The highest BCUT2D eigenvalue weighted by Gasteiger charge is 2.60. The molecule has 0 N–H and O–H groups in total. The minimum absolute atomic E-state index is 0.136. The smallest absolute Gasteiger partial charge is 0.329 e. The summed E-state index contributed by atoms with van der Waals surface area (Å²) in [4.78, 5) is 34.8. The first-order valence-corrected chi connectivity index (χ1v) is 15.8. The zero-order chi connectivity index (χ0) is 30.9. The number of rotatable bonds is 9. The van der Waals surface area contributed by atoms with Gasteiger partial charge < -0.3 is 23.8 Å². The Balaban J connectivity index is 1.62. The summed E-state index contributed by atoms with van der Waals surface area (Å²) >= 11 is 0. The SMILES string of the molecule is CCOC(=O)[C@@H]1[C@@H](C(C)(C)C)[C@H](OCc2cc(C3(C)CC3)cnc2OC)[C@H](c2ccccc2C)N1C(=O)[C@@H]1CCCCO1. The number of ether oxygens (including phenoxy) is 4. The number of carbonyl (C=O) groups excluding carboxylic acids is 2. The molecule has 3 aliphatic rings. The van der Waals surface area contributed by atoms with E-state index in [0.29, 0.717) is 18.9 Å². The Morgan fingerprint density at radius 2 is 1.91 bits per heavy atom. The molecule has 5 atom stereocenters. The molecular formula is C35H48N2O6. The molecule has 0 spiro atoms. The van der Waals surface area contributed by atoms with Crippen LogP contribution in [-0.2, 0) is 35.8 Å². The van der Waals surface area contributed by atoms with Gasteiger partial charge in [-0.25, -0.2) is 9.78 Å². The van der Waals surface area contributed by atoms with Crippen LogP contribution in [0.15, 0.2) is 36.5 Å². The van der Waals surface area contributed by atoms with Crippen LogP contribution in [0.4, 0.5) is 0 Å². The third kappa shape index (κ3) is 6.32. The average Bonchev–Trinajstić information content (AvgIpc) is 3.64. The molecule has 1 aliphatic carbocycles. The van der Waals surface area contributed by atoms with Crippen molar-refractivity contribution in [3.63, 3.8) is 0 Å². The molecule has 1 saturated carbocycles. The number of aromatic nitrogens is 1. The van der Waals surface area contributed by atoms with Crippen molar-refractivity contribution in [3.05, 3.63) is 58.8 Å². The van der Waals surface area contributed by atoms with Gasteiger partial charge in [-0.2, -0.15) is 0 Å². The lowest BCUT2D eigenvalue weighted by atomic mass is 9.73. The summed E-state index contributed by atoms with van der Waals surface area (Å²) in [5.41, 5.74) is 3.76. The summed E-state index contributed by atoms with van der Waals surface area (Å²) in [5.74, 6) is -0.406. The van der Waals surface area contributed by atoms with Crippen LogP contribution in [0.25, 0.3) is 0 Å². The van der Waals surface area contributed by atoms with Gasteiger partial charge in [-0.1, -0.05) is 52.0 Å². The minimum atomic E-state index is -0.829. The number of pyridine rings is 1. The molecule has 1 amide bonds. The van der Waals surface area contributed by atoms with Gasteiger partial charge >= 0.3 is 5.97 Å². The fraction of sp³-hybridized carbons (Fsp3) is 0.629. The van der Waals surface area contributed by atoms with Crippen LogP contribution in [0, 0.1) is 18.3 Å². The van der Waals surface area contributed by atoms with Crippen molar-refractivity contribution in [1.29, 1.82) is 0 Å². The highest BCUT2D eigenvalue weighted by Crippen LogP contribution is 2.52. The third-order valence-electron chi connectivity index (χ3n) is 9.60. The van der Waals surface area contributed by atoms with Gasteiger partial charge in [0.25, 0.3) is 5.91 Å². The lowest BCUT2D eigenvalue weighted by Crippen LogP contribution is -2.51. The average molecular weight is 593 g/mol. The maximum absolute atomic E-state index is 14.5. The minimum Gasteiger partial charge on any atom is -0.481 e. The molecule has 3 heterocycles.